The van der Waals surface area contributed by atoms with E-state index < -0.39 is 0 Å². The first kappa shape index (κ1) is 23.5. The lowest BCUT2D eigenvalue weighted by molar-refractivity contribution is -0.120. The van der Waals surface area contributed by atoms with Gasteiger partial charge in [-0.05, 0) is 23.8 Å². The second-order valence-electron chi connectivity index (χ2n) is 7.33. The maximum atomic E-state index is 13.7. The summed E-state index contributed by atoms with van der Waals surface area (Å²) >= 11 is 8.76. The molecule has 3 atom stereocenters. The third-order valence-corrected chi connectivity index (χ3v) is 7.53. The molecule has 0 bridgehead atoms. The highest BCUT2D eigenvalue weighted by Gasteiger charge is 2.25. The summed E-state index contributed by atoms with van der Waals surface area (Å²) in [5.41, 5.74) is 5.97. The number of thioether (sulfide) groups is 2. The molecule has 3 aliphatic rings. The number of morpholine rings is 1. The first-order valence-corrected chi connectivity index (χ1v) is 12.1. The van der Waals surface area contributed by atoms with Crippen molar-refractivity contribution < 1.29 is 18.7 Å². The highest BCUT2D eigenvalue weighted by molar-refractivity contribution is 8.18. The lowest BCUT2D eigenvalue weighted by atomic mass is 9.99. The lowest BCUT2D eigenvalue weighted by Gasteiger charge is -2.35. The van der Waals surface area contributed by atoms with Crippen LogP contribution in [0.5, 0.6) is 0 Å². The molecule has 166 valence electrons. The van der Waals surface area contributed by atoms with Crippen molar-refractivity contribution >= 4 is 46.9 Å². The zero-order chi connectivity index (χ0) is 21.5. The quantitative estimate of drug-likeness (QED) is 0.467. The fraction of sp³-hybridized carbons (Fsp3) is 0.579. The van der Waals surface area contributed by atoms with Crippen LogP contribution in [0.2, 0.25) is 0 Å². The SMILES string of the molecule is NC(=O)CC1=CSC(SCC(=O)NC[C@H]2CN(CC3C=C(F)C(Cl)=CC3)CCO2)N1. The van der Waals surface area contributed by atoms with E-state index in [-0.39, 0.29) is 45.8 Å². The van der Waals surface area contributed by atoms with Crippen LogP contribution in [0.3, 0.4) is 0 Å². The number of primary amides is 1. The van der Waals surface area contributed by atoms with Gasteiger partial charge >= 0.3 is 0 Å². The van der Waals surface area contributed by atoms with Crippen LogP contribution in [0.1, 0.15) is 12.8 Å². The van der Waals surface area contributed by atoms with Gasteiger partial charge in [0.2, 0.25) is 11.8 Å². The minimum Gasteiger partial charge on any atom is -0.374 e. The number of hydrogen-bond acceptors (Lipinski definition) is 7. The fourth-order valence-corrected chi connectivity index (χ4v) is 5.53. The molecule has 11 heteroatoms. The molecule has 2 amide bonds. The van der Waals surface area contributed by atoms with E-state index in [9.17, 15) is 14.0 Å². The van der Waals surface area contributed by atoms with Gasteiger partial charge in [-0.3, -0.25) is 14.5 Å². The maximum absolute atomic E-state index is 13.7. The Bertz CT molecular complexity index is 749. The third-order valence-electron chi connectivity index (χ3n) is 4.82. The zero-order valence-electron chi connectivity index (χ0n) is 16.4. The average molecular weight is 477 g/mol. The van der Waals surface area contributed by atoms with Crippen molar-refractivity contribution in [3.8, 4) is 0 Å². The second-order valence-corrected chi connectivity index (χ2v) is 10.1. The second kappa shape index (κ2) is 11.4. The Morgan fingerprint density at radius 1 is 1.50 bits per heavy atom. The number of nitrogens with zero attached hydrogens (tertiary/aromatic N) is 1. The van der Waals surface area contributed by atoms with Gasteiger partial charge in [-0.2, -0.15) is 0 Å². The summed E-state index contributed by atoms with van der Waals surface area (Å²) in [7, 11) is 0. The molecule has 30 heavy (non-hydrogen) atoms. The highest BCUT2D eigenvalue weighted by atomic mass is 35.5. The Labute approximate surface area is 189 Å². The van der Waals surface area contributed by atoms with E-state index in [1.807, 2.05) is 5.41 Å². The molecule has 1 aliphatic carbocycles. The number of halogens is 2. The van der Waals surface area contributed by atoms with Gasteiger partial charge in [-0.25, -0.2) is 4.39 Å². The van der Waals surface area contributed by atoms with E-state index in [0.717, 1.165) is 25.2 Å². The molecule has 4 N–H and O–H groups in total. The van der Waals surface area contributed by atoms with Gasteiger partial charge in [0.15, 0.2) is 0 Å². The standard InChI is InChI=1S/C19H26ClFN4O3S2/c20-15-2-1-12(5-16(15)21)8-25-3-4-28-14(9-25)7-23-18(27)11-30-19-24-13(10-29-19)6-17(22)26/h2,5,10,12,14,19,24H,1,3-4,6-9,11H2,(H2,22,26)(H,23,27)/t12?,14-,19?/m0/s1. The molecule has 1 fully saturated rings. The van der Waals surface area contributed by atoms with Crippen LogP contribution in [-0.2, 0) is 14.3 Å². The summed E-state index contributed by atoms with van der Waals surface area (Å²) in [4.78, 5) is 25.4. The summed E-state index contributed by atoms with van der Waals surface area (Å²) in [5, 5.41) is 8.14. The summed E-state index contributed by atoms with van der Waals surface area (Å²) in [6.07, 6.45) is 4.13. The molecule has 7 nitrogen and oxygen atoms in total. The molecule has 0 aromatic carbocycles. The van der Waals surface area contributed by atoms with Crippen molar-refractivity contribution in [2.75, 3.05) is 38.5 Å². The monoisotopic (exact) mass is 476 g/mol. The van der Waals surface area contributed by atoms with Crippen LogP contribution < -0.4 is 16.4 Å². The molecular formula is C19H26ClFN4O3S2. The van der Waals surface area contributed by atoms with Crippen LogP contribution in [0.25, 0.3) is 0 Å². The minimum atomic E-state index is -0.385. The average Bonchev–Trinajstić information content (AvgIpc) is 3.14. The number of nitrogens with one attached hydrogen (secondary N) is 2. The normalized spacial score (nSPS) is 27.0. The van der Waals surface area contributed by atoms with Crippen LogP contribution in [0.15, 0.2) is 34.1 Å². The van der Waals surface area contributed by atoms with Crippen molar-refractivity contribution in [1.29, 1.82) is 0 Å². The van der Waals surface area contributed by atoms with Gasteiger partial charge in [0.1, 0.15) is 10.5 Å². The van der Waals surface area contributed by atoms with Crippen molar-refractivity contribution in [2.24, 2.45) is 11.7 Å². The highest BCUT2D eigenvalue weighted by Crippen LogP contribution is 2.30. The van der Waals surface area contributed by atoms with Crippen LogP contribution in [-0.4, -0.2) is 66.1 Å². The van der Waals surface area contributed by atoms with Gasteiger partial charge in [0.05, 0.1) is 29.9 Å². The van der Waals surface area contributed by atoms with E-state index in [4.69, 9.17) is 22.1 Å². The Kier molecular flexibility index (Phi) is 8.94. The Hall–Kier alpha value is -1.20. The molecule has 2 aliphatic heterocycles. The Morgan fingerprint density at radius 2 is 2.33 bits per heavy atom. The number of rotatable bonds is 9. The van der Waals surface area contributed by atoms with Gasteiger partial charge in [-0.15, -0.1) is 11.8 Å². The summed E-state index contributed by atoms with van der Waals surface area (Å²) in [6.45, 7) is 3.24. The van der Waals surface area contributed by atoms with E-state index in [1.54, 1.807) is 12.2 Å². The minimum absolute atomic E-state index is 0.00183. The fourth-order valence-electron chi connectivity index (χ4n) is 3.39. The molecule has 0 aromatic heterocycles. The molecule has 2 unspecified atom stereocenters. The molecule has 0 aromatic rings. The van der Waals surface area contributed by atoms with Gasteiger partial charge in [0.25, 0.3) is 0 Å². The Morgan fingerprint density at radius 3 is 3.10 bits per heavy atom. The Balaban J connectivity index is 1.32. The number of allylic oxidation sites excluding steroid dienone is 3. The number of amides is 2. The third kappa shape index (κ3) is 7.49. The van der Waals surface area contributed by atoms with Crippen LogP contribution >= 0.6 is 35.1 Å². The summed E-state index contributed by atoms with van der Waals surface area (Å²) < 4.78 is 19.4. The predicted molar refractivity (Wildman–Crippen MR) is 119 cm³/mol. The smallest absolute Gasteiger partial charge is 0.230 e. The number of nitrogens with two attached hydrogens (primary N) is 1. The molecule has 3 rings (SSSR count). The molecular weight excluding hydrogens is 451 g/mol. The van der Waals surface area contributed by atoms with E-state index in [0.29, 0.717) is 25.4 Å². The van der Waals surface area contributed by atoms with Gasteiger partial charge in [0, 0.05) is 31.9 Å². The van der Waals surface area contributed by atoms with Crippen LogP contribution in [0.4, 0.5) is 4.39 Å². The van der Waals surface area contributed by atoms with Crippen molar-refractivity contribution in [3.05, 3.63) is 34.1 Å². The number of carbonyl (C=O) groups excluding carboxylic acids is 2. The molecule has 0 radical (unpaired) electrons. The first-order valence-electron chi connectivity index (χ1n) is 9.74. The van der Waals surface area contributed by atoms with E-state index in [1.165, 1.54) is 23.5 Å². The molecule has 0 saturated carbocycles. The lowest BCUT2D eigenvalue weighted by Crippen LogP contribution is -2.48. The number of carbonyl (C=O) groups is 2. The van der Waals surface area contributed by atoms with Crippen molar-refractivity contribution in [2.45, 2.75) is 23.7 Å². The predicted octanol–water partition coefficient (Wildman–Crippen LogP) is 1.87. The zero-order valence-corrected chi connectivity index (χ0v) is 18.8. The van der Waals surface area contributed by atoms with E-state index >= 15 is 0 Å². The largest absolute Gasteiger partial charge is 0.374 e. The first-order chi connectivity index (χ1) is 14.4. The topological polar surface area (TPSA) is 96.7 Å². The van der Waals surface area contributed by atoms with Gasteiger partial charge in [-0.1, -0.05) is 29.4 Å². The molecule has 0 spiro atoms. The number of hydrogen-bond donors (Lipinski definition) is 3. The van der Waals surface area contributed by atoms with Gasteiger partial charge < -0.3 is 21.1 Å². The van der Waals surface area contributed by atoms with Crippen molar-refractivity contribution in [3.63, 3.8) is 0 Å². The van der Waals surface area contributed by atoms with E-state index in [2.05, 4.69) is 15.5 Å². The maximum Gasteiger partial charge on any atom is 0.230 e. The molecule has 2 heterocycles. The number of ether oxygens (including phenoxy) is 1. The van der Waals surface area contributed by atoms with Crippen molar-refractivity contribution in [1.82, 2.24) is 15.5 Å². The van der Waals surface area contributed by atoms with Crippen LogP contribution in [0, 0.1) is 5.92 Å². The summed E-state index contributed by atoms with van der Waals surface area (Å²) in [5.74, 6) is -0.401. The molecule has 1 saturated heterocycles. The summed E-state index contributed by atoms with van der Waals surface area (Å²) in [6, 6.07) is 0.